The van der Waals surface area contributed by atoms with Gasteiger partial charge in [0, 0.05) is 17.7 Å². The molecule has 1 atom stereocenters. The maximum Gasteiger partial charge on any atom is 0.273 e. The zero-order valence-corrected chi connectivity index (χ0v) is 14.9. The number of benzene rings is 1. The average molecular weight is 367 g/mol. The Labute approximate surface area is 150 Å². The standard InChI is InChI=1S/C17H20ClFN4O2/c1-17(2)8-13(5-6-25-17)20-16(24)15-10-23(22-21-15)9-11-3-4-12(19)7-14(11)18/h3-4,7,10,13H,5-6,8-9H2,1-2H3,(H,20,24). The molecule has 2 aromatic rings. The number of amides is 1. The first-order chi connectivity index (χ1) is 11.8. The number of ether oxygens (including phenoxy) is 1. The summed E-state index contributed by atoms with van der Waals surface area (Å²) in [4.78, 5) is 12.4. The van der Waals surface area contributed by atoms with Crippen molar-refractivity contribution in [3.63, 3.8) is 0 Å². The second-order valence-electron chi connectivity index (χ2n) is 6.81. The predicted octanol–water partition coefficient (Wildman–Crippen LogP) is 2.81. The monoisotopic (exact) mass is 366 g/mol. The highest BCUT2D eigenvalue weighted by atomic mass is 35.5. The summed E-state index contributed by atoms with van der Waals surface area (Å²) in [5, 5.41) is 11.1. The van der Waals surface area contributed by atoms with Gasteiger partial charge in [-0.1, -0.05) is 22.9 Å². The number of aromatic nitrogens is 3. The number of hydrogen-bond donors (Lipinski definition) is 1. The summed E-state index contributed by atoms with van der Waals surface area (Å²) in [6, 6.07) is 4.21. The van der Waals surface area contributed by atoms with Gasteiger partial charge in [0.1, 0.15) is 5.82 Å². The molecule has 1 unspecified atom stereocenters. The lowest BCUT2D eigenvalue weighted by Gasteiger charge is -2.35. The van der Waals surface area contributed by atoms with E-state index in [2.05, 4.69) is 15.6 Å². The highest BCUT2D eigenvalue weighted by molar-refractivity contribution is 6.31. The van der Waals surface area contributed by atoms with Crippen LogP contribution >= 0.6 is 11.6 Å². The fourth-order valence-corrected chi connectivity index (χ4v) is 3.15. The SMILES string of the molecule is CC1(C)CC(NC(=O)c2cn(Cc3ccc(F)cc3Cl)nn2)CCO1. The molecule has 6 nitrogen and oxygen atoms in total. The van der Waals surface area contributed by atoms with Gasteiger partial charge in [0.25, 0.3) is 5.91 Å². The number of nitrogens with zero attached hydrogens (tertiary/aromatic N) is 3. The summed E-state index contributed by atoms with van der Waals surface area (Å²) in [7, 11) is 0. The number of halogens is 2. The van der Waals surface area contributed by atoms with Crippen LogP contribution in [-0.4, -0.2) is 39.2 Å². The van der Waals surface area contributed by atoms with E-state index in [1.165, 1.54) is 16.8 Å². The molecule has 0 saturated carbocycles. The topological polar surface area (TPSA) is 69.0 Å². The minimum Gasteiger partial charge on any atom is -0.375 e. The summed E-state index contributed by atoms with van der Waals surface area (Å²) in [6.45, 7) is 4.94. The molecule has 0 radical (unpaired) electrons. The molecular formula is C17H20ClFN4O2. The minimum atomic E-state index is -0.396. The largest absolute Gasteiger partial charge is 0.375 e. The molecule has 1 saturated heterocycles. The second kappa shape index (κ2) is 7.09. The van der Waals surface area contributed by atoms with Crippen molar-refractivity contribution < 1.29 is 13.9 Å². The summed E-state index contributed by atoms with van der Waals surface area (Å²) >= 11 is 6.01. The van der Waals surface area contributed by atoms with E-state index in [1.807, 2.05) is 13.8 Å². The van der Waals surface area contributed by atoms with Crippen LogP contribution in [0.5, 0.6) is 0 Å². The molecule has 1 aromatic heterocycles. The second-order valence-corrected chi connectivity index (χ2v) is 7.22. The molecule has 1 aromatic carbocycles. The Hall–Kier alpha value is -1.99. The van der Waals surface area contributed by atoms with Crippen LogP contribution in [0.4, 0.5) is 4.39 Å². The zero-order valence-electron chi connectivity index (χ0n) is 14.1. The van der Waals surface area contributed by atoms with Crippen LogP contribution in [-0.2, 0) is 11.3 Å². The van der Waals surface area contributed by atoms with Gasteiger partial charge < -0.3 is 10.1 Å². The Bertz CT molecular complexity index is 778. The first kappa shape index (κ1) is 17.8. The molecule has 134 valence electrons. The van der Waals surface area contributed by atoms with Crippen LogP contribution in [0.3, 0.4) is 0 Å². The van der Waals surface area contributed by atoms with Crippen molar-refractivity contribution in [1.29, 1.82) is 0 Å². The van der Waals surface area contributed by atoms with Crippen LogP contribution < -0.4 is 5.32 Å². The molecule has 25 heavy (non-hydrogen) atoms. The van der Waals surface area contributed by atoms with E-state index in [1.54, 1.807) is 12.3 Å². The molecule has 0 spiro atoms. The number of rotatable bonds is 4. The van der Waals surface area contributed by atoms with Gasteiger partial charge in [-0.05, 0) is 44.4 Å². The first-order valence-corrected chi connectivity index (χ1v) is 8.49. The molecule has 0 aliphatic carbocycles. The van der Waals surface area contributed by atoms with Gasteiger partial charge in [0.2, 0.25) is 0 Å². The summed E-state index contributed by atoms with van der Waals surface area (Å²) in [6.07, 6.45) is 3.08. The summed E-state index contributed by atoms with van der Waals surface area (Å²) < 4.78 is 20.2. The summed E-state index contributed by atoms with van der Waals surface area (Å²) in [5.41, 5.74) is 0.696. The van der Waals surface area contributed by atoms with Crippen molar-refractivity contribution in [2.75, 3.05) is 6.61 Å². The van der Waals surface area contributed by atoms with Gasteiger partial charge in [-0.3, -0.25) is 4.79 Å². The van der Waals surface area contributed by atoms with Gasteiger partial charge in [-0.15, -0.1) is 5.10 Å². The lowest BCUT2D eigenvalue weighted by Crippen LogP contribution is -2.45. The average Bonchev–Trinajstić information content (AvgIpc) is 2.98. The van der Waals surface area contributed by atoms with E-state index in [0.717, 1.165) is 12.8 Å². The van der Waals surface area contributed by atoms with Crippen LogP contribution in [0.2, 0.25) is 5.02 Å². The van der Waals surface area contributed by atoms with Crippen LogP contribution in [0.25, 0.3) is 0 Å². The van der Waals surface area contributed by atoms with Crippen molar-refractivity contribution in [2.24, 2.45) is 0 Å². The van der Waals surface area contributed by atoms with Crippen molar-refractivity contribution in [2.45, 2.75) is 44.9 Å². The van der Waals surface area contributed by atoms with E-state index >= 15 is 0 Å². The Morgan fingerprint density at radius 2 is 2.32 bits per heavy atom. The smallest absolute Gasteiger partial charge is 0.273 e. The number of nitrogens with one attached hydrogen (secondary N) is 1. The van der Waals surface area contributed by atoms with Crippen molar-refractivity contribution in [1.82, 2.24) is 20.3 Å². The number of carbonyl (C=O) groups excluding carboxylic acids is 1. The van der Waals surface area contributed by atoms with E-state index in [-0.39, 0.29) is 23.2 Å². The lowest BCUT2D eigenvalue weighted by atomic mass is 9.94. The summed E-state index contributed by atoms with van der Waals surface area (Å²) in [5.74, 6) is -0.661. The number of hydrogen-bond acceptors (Lipinski definition) is 4. The Balaban J connectivity index is 1.63. The van der Waals surface area contributed by atoms with Gasteiger partial charge in [0.05, 0.1) is 18.3 Å². The number of carbonyl (C=O) groups is 1. The molecule has 0 bridgehead atoms. The van der Waals surface area contributed by atoms with Gasteiger partial charge in [-0.25, -0.2) is 9.07 Å². The van der Waals surface area contributed by atoms with Gasteiger partial charge in [0.15, 0.2) is 5.69 Å². The molecule has 1 N–H and O–H groups in total. The van der Waals surface area contributed by atoms with E-state index < -0.39 is 5.82 Å². The molecular weight excluding hydrogens is 347 g/mol. The fourth-order valence-electron chi connectivity index (χ4n) is 2.92. The highest BCUT2D eigenvalue weighted by Gasteiger charge is 2.30. The first-order valence-electron chi connectivity index (χ1n) is 8.11. The zero-order chi connectivity index (χ0) is 18.0. The van der Waals surface area contributed by atoms with Crippen molar-refractivity contribution >= 4 is 17.5 Å². The van der Waals surface area contributed by atoms with E-state index in [0.29, 0.717) is 23.7 Å². The third-order valence-electron chi connectivity index (χ3n) is 4.15. The molecule has 8 heteroatoms. The Kier molecular flexibility index (Phi) is 5.06. The van der Waals surface area contributed by atoms with Crippen LogP contribution in [0, 0.1) is 5.82 Å². The maximum absolute atomic E-state index is 13.1. The van der Waals surface area contributed by atoms with Crippen molar-refractivity contribution in [3.05, 3.63) is 46.5 Å². The lowest BCUT2D eigenvalue weighted by molar-refractivity contribution is -0.0615. The van der Waals surface area contributed by atoms with E-state index in [4.69, 9.17) is 16.3 Å². The van der Waals surface area contributed by atoms with Crippen LogP contribution in [0.1, 0.15) is 42.7 Å². The molecule has 3 rings (SSSR count). The molecule has 1 aliphatic rings. The van der Waals surface area contributed by atoms with Gasteiger partial charge in [-0.2, -0.15) is 0 Å². The minimum absolute atomic E-state index is 0.0490. The van der Waals surface area contributed by atoms with Gasteiger partial charge >= 0.3 is 0 Å². The third kappa shape index (κ3) is 4.55. The van der Waals surface area contributed by atoms with E-state index in [9.17, 15) is 9.18 Å². The quantitative estimate of drug-likeness (QED) is 0.903. The van der Waals surface area contributed by atoms with Crippen molar-refractivity contribution in [3.8, 4) is 0 Å². The molecule has 1 aliphatic heterocycles. The predicted molar refractivity (Wildman–Crippen MR) is 91.1 cm³/mol. The molecule has 1 amide bonds. The van der Waals surface area contributed by atoms with Crippen LogP contribution in [0.15, 0.2) is 24.4 Å². The Morgan fingerprint density at radius 3 is 3.04 bits per heavy atom. The highest BCUT2D eigenvalue weighted by Crippen LogP contribution is 2.24. The fraction of sp³-hybridized carbons (Fsp3) is 0.471. The third-order valence-corrected chi connectivity index (χ3v) is 4.50. The molecule has 1 fully saturated rings. The maximum atomic E-state index is 13.1. The molecule has 2 heterocycles. The normalized spacial score (nSPS) is 19.6. The Morgan fingerprint density at radius 1 is 1.52 bits per heavy atom.